The summed E-state index contributed by atoms with van der Waals surface area (Å²) in [7, 11) is 0. The number of carbonyl (C=O) groups is 1. The average molecular weight is 391 g/mol. The van der Waals surface area contributed by atoms with E-state index in [1.807, 2.05) is 6.07 Å². The summed E-state index contributed by atoms with van der Waals surface area (Å²) < 4.78 is 0. The minimum atomic E-state index is -0.156. The molecule has 7 N–H and O–H groups in total. The number of carbonyl (C=O) groups excluding carboxylic acids is 1. The number of ketones is 1. The molecule has 0 aliphatic rings. The number of hydrogen-bond donors (Lipinski definition) is 3. The van der Waals surface area contributed by atoms with Gasteiger partial charge in [0, 0.05) is 32.7 Å². The fourth-order valence-corrected chi connectivity index (χ4v) is 0.885. The van der Waals surface area contributed by atoms with Crippen molar-refractivity contribution in [3.05, 3.63) is 42.0 Å². The maximum absolute atomic E-state index is 10.6. The van der Waals surface area contributed by atoms with E-state index >= 15 is 0 Å². The SMILES string of the molecule is CC(=O)/C=C(\O)c1ccccc1.N.N.[Pt]. The van der Waals surface area contributed by atoms with Crippen LogP contribution < -0.4 is 12.3 Å². The van der Waals surface area contributed by atoms with Crippen LogP contribution in [0.1, 0.15) is 12.5 Å². The second kappa shape index (κ2) is 9.59. The molecule has 0 atom stereocenters. The predicted molar refractivity (Wildman–Crippen MR) is 57.8 cm³/mol. The van der Waals surface area contributed by atoms with Gasteiger partial charge in [-0.05, 0) is 6.92 Å². The van der Waals surface area contributed by atoms with Crippen molar-refractivity contribution in [2.75, 3.05) is 0 Å². The van der Waals surface area contributed by atoms with E-state index in [9.17, 15) is 9.90 Å². The first kappa shape index (κ1) is 19.6. The minimum Gasteiger partial charge on any atom is -0.507 e. The Kier molecular flexibility index (Phi) is 12.5. The van der Waals surface area contributed by atoms with Crippen LogP contribution in [0.3, 0.4) is 0 Å². The van der Waals surface area contributed by atoms with Crippen molar-refractivity contribution >= 4 is 11.5 Å². The molecule has 1 aromatic carbocycles. The summed E-state index contributed by atoms with van der Waals surface area (Å²) in [5.41, 5.74) is 0.660. The summed E-state index contributed by atoms with van der Waals surface area (Å²) in [6.07, 6.45) is 1.20. The summed E-state index contributed by atoms with van der Waals surface area (Å²) in [5.74, 6) is -0.139. The van der Waals surface area contributed by atoms with Crippen LogP contribution in [0.5, 0.6) is 0 Å². The number of hydrogen-bond acceptors (Lipinski definition) is 4. The zero-order chi connectivity index (χ0) is 8.97. The van der Waals surface area contributed by atoms with E-state index in [2.05, 4.69) is 0 Å². The second-order valence-corrected chi connectivity index (χ2v) is 2.51. The van der Waals surface area contributed by atoms with Crippen LogP contribution in [0, 0.1) is 0 Å². The third-order valence-corrected chi connectivity index (χ3v) is 1.41. The molecule has 0 aliphatic heterocycles. The maximum Gasteiger partial charge on any atom is 0.156 e. The molecule has 0 unspecified atom stereocenters. The number of benzene rings is 1. The summed E-state index contributed by atoms with van der Waals surface area (Å²) in [4.78, 5) is 10.6. The summed E-state index contributed by atoms with van der Waals surface area (Å²) in [6.45, 7) is 1.40. The van der Waals surface area contributed by atoms with Gasteiger partial charge in [-0.25, -0.2) is 0 Å². The minimum absolute atomic E-state index is 0. The van der Waals surface area contributed by atoms with E-state index < -0.39 is 0 Å². The first-order valence-corrected chi connectivity index (χ1v) is 3.67. The molecule has 15 heavy (non-hydrogen) atoms. The van der Waals surface area contributed by atoms with Crippen molar-refractivity contribution in [3.8, 4) is 0 Å². The summed E-state index contributed by atoms with van der Waals surface area (Å²) in [6, 6.07) is 8.95. The van der Waals surface area contributed by atoms with Gasteiger partial charge in [0.1, 0.15) is 5.76 Å². The van der Waals surface area contributed by atoms with Crippen molar-refractivity contribution in [2.24, 2.45) is 0 Å². The Hall–Kier alpha value is -0.962. The van der Waals surface area contributed by atoms with Gasteiger partial charge in [-0.2, -0.15) is 0 Å². The number of rotatable bonds is 2. The molecule has 0 heterocycles. The van der Waals surface area contributed by atoms with Gasteiger partial charge in [-0.1, -0.05) is 30.3 Å². The van der Waals surface area contributed by atoms with Crippen molar-refractivity contribution in [1.82, 2.24) is 12.3 Å². The van der Waals surface area contributed by atoms with E-state index in [0.29, 0.717) is 5.56 Å². The smallest absolute Gasteiger partial charge is 0.156 e. The molecule has 1 aromatic rings. The molecule has 1 rings (SSSR count). The van der Waals surface area contributed by atoms with Gasteiger partial charge in [0.25, 0.3) is 0 Å². The quantitative estimate of drug-likeness (QED) is 0.532. The van der Waals surface area contributed by atoms with Gasteiger partial charge >= 0.3 is 0 Å². The summed E-state index contributed by atoms with van der Waals surface area (Å²) in [5, 5.41) is 9.33. The average Bonchev–Trinajstić information content (AvgIpc) is 2.05. The molecule has 0 saturated heterocycles. The Morgan fingerprint density at radius 2 is 1.67 bits per heavy atom. The number of allylic oxidation sites excluding steroid dienone is 1. The molecule has 4 nitrogen and oxygen atoms in total. The van der Waals surface area contributed by atoms with Gasteiger partial charge in [0.05, 0.1) is 0 Å². The van der Waals surface area contributed by atoms with Crippen LogP contribution in [0.25, 0.3) is 5.76 Å². The van der Waals surface area contributed by atoms with Crippen LogP contribution in [-0.4, -0.2) is 10.9 Å². The Morgan fingerprint density at radius 3 is 2.07 bits per heavy atom. The van der Waals surface area contributed by atoms with Crippen LogP contribution in [0.4, 0.5) is 0 Å². The largest absolute Gasteiger partial charge is 0.507 e. The first-order chi connectivity index (χ1) is 5.70. The molecular formula is C10H16N2O2Pt. The van der Waals surface area contributed by atoms with Crippen molar-refractivity contribution in [2.45, 2.75) is 6.92 Å². The zero-order valence-electron chi connectivity index (χ0n) is 8.55. The Bertz CT molecular complexity index is 312. The fraction of sp³-hybridized carbons (Fsp3) is 0.100. The van der Waals surface area contributed by atoms with Crippen molar-refractivity contribution in [3.63, 3.8) is 0 Å². The monoisotopic (exact) mass is 391 g/mol. The third-order valence-electron chi connectivity index (χ3n) is 1.41. The molecule has 0 bridgehead atoms. The maximum atomic E-state index is 10.6. The van der Waals surface area contributed by atoms with Gasteiger partial charge in [-0.15, -0.1) is 0 Å². The predicted octanol–water partition coefficient (Wildman–Crippen LogP) is 2.50. The van der Waals surface area contributed by atoms with Gasteiger partial charge in [0.15, 0.2) is 5.78 Å². The normalized spacial score (nSPS) is 9.00. The van der Waals surface area contributed by atoms with E-state index in [4.69, 9.17) is 0 Å². The van der Waals surface area contributed by atoms with E-state index in [1.54, 1.807) is 24.3 Å². The number of aliphatic hydroxyl groups excluding tert-OH is 1. The van der Waals surface area contributed by atoms with E-state index in [1.165, 1.54) is 13.0 Å². The molecule has 0 amide bonds. The Morgan fingerprint density at radius 1 is 1.20 bits per heavy atom. The third kappa shape index (κ3) is 7.02. The standard InChI is InChI=1S/C10H10O2.2H3N.Pt/c1-8(11)7-10(12)9-5-3-2-4-6-9;;;/h2-7,12H,1H3;2*1H3;/b10-7-;;;. The Balaban J connectivity index is -0.000000480. The van der Waals surface area contributed by atoms with Gasteiger partial charge < -0.3 is 17.4 Å². The van der Waals surface area contributed by atoms with Gasteiger partial charge in [0.2, 0.25) is 0 Å². The molecule has 0 saturated carbocycles. The zero-order valence-corrected chi connectivity index (χ0v) is 10.8. The molecule has 5 heteroatoms. The molecule has 0 radical (unpaired) electrons. The summed E-state index contributed by atoms with van der Waals surface area (Å²) >= 11 is 0. The second-order valence-electron chi connectivity index (χ2n) is 2.51. The molecule has 0 aromatic heterocycles. The molecule has 88 valence electrons. The van der Waals surface area contributed by atoms with Crippen LogP contribution in [-0.2, 0) is 25.9 Å². The van der Waals surface area contributed by atoms with E-state index in [0.717, 1.165) is 0 Å². The van der Waals surface area contributed by atoms with Crippen LogP contribution in [0.2, 0.25) is 0 Å². The first-order valence-electron chi connectivity index (χ1n) is 3.67. The Labute approximate surface area is 104 Å². The topological polar surface area (TPSA) is 107 Å². The molecule has 0 fully saturated rings. The van der Waals surface area contributed by atoms with Gasteiger partial charge in [-0.3, -0.25) is 4.79 Å². The van der Waals surface area contributed by atoms with Crippen molar-refractivity contribution < 1.29 is 31.0 Å². The van der Waals surface area contributed by atoms with Crippen LogP contribution in [0.15, 0.2) is 36.4 Å². The van der Waals surface area contributed by atoms with E-state index in [-0.39, 0.29) is 44.9 Å². The number of aliphatic hydroxyl groups is 1. The molecule has 0 aliphatic carbocycles. The van der Waals surface area contributed by atoms with Crippen molar-refractivity contribution in [1.29, 1.82) is 0 Å². The fourth-order valence-electron chi connectivity index (χ4n) is 0.885. The van der Waals surface area contributed by atoms with Crippen LogP contribution >= 0.6 is 0 Å². The molecule has 0 spiro atoms. The molecular weight excluding hydrogens is 375 g/mol.